The first-order chi connectivity index (χ1) is 9.83. The highest BCUT2D eigenvalue weighted by atomic mass is 16.5. The monoisotopic (exact) mass is 271 g/mol. The molecule has 104 valence electrons. The minimum atomic E-state index is 0.307. The molecule has 3 rings (SSSR count). The van der Waals surface area contributed by atoms with Crippen LogP contribution in [0.5, 0.6) is 11.5 Å². The van der Waals surface area contributed by atoms with E-state index in [1.54, 1.807) is 14.2 Å². The first kappa shape index (κ1) is 12.9. The average molecular weight is 271 g/mol. The predicted molar refractivity (Wildman–Crippen MR) is 76.1 cm³/mol. The van der Waals surface area contributed by atoms with Crippen molar-refractivity contribution in [2.45, 2.75) is 12.5 Å². The number of hydrogen-bond acceptors (Lipinski definition) is 3. The summed E-state index contributed by atoms with van der Waals surface area (Å²) in [5, 5.41) is 2.36. The summed E-state index contributed by atoms with van der Waals surface area (Å²) < 4.78 is 10.8. The van der Waals surface area contributed by atoms with Crippen molar-refractivity contribution in [1.29, 1.82) is 0 Å². The highest BCUT2D eigenvalue weighted by Crippen LogP contribution is 2.35. The third-order valence-corrected chi connectivity index (χ3v) is 3.86. The van der Waals surface area contributed by atoms with Crippen LogP contribution in [0.2, 0.25) is 0 Å². The van der Waals surface area contributed by atoms with Gasteiger partial charge in [0.05, 0.1) is 20.8 Å². The third-order valence-electron chi connectivity index (χ3n) is 3.86. The van der Waals surface area contributed by atoms with E-state index in [1.807, 2.05) is 12.4 Å². The number of hydrogen-bond donors (Lipinski definition) is 1. The van der Waals surface area contributed by atoms with Crippen LogP contribution in [-0.4, -0.2) is 25.7 Å². The molecule has 2 heterocycles. The van der Waals surface area contributed by atoms with Crippen molar-refractivity contribution in [3.05, 3.63) is 53.3 Å². The van der Waals surface area contributed by atoms with Gasteiger partial charge < -0.3 is 14.8 Å². The molecule has 20 heavy (non-hydrogen) atoms. The molecule has 1 aliphatic heterocycles. The Kier molecular flexibility index (Phi) is 3.56. The lowest BCUT2D eigenvalue weighted by atomic mass is 9.90. The highest BCUT2D eigenvalue weighted by Gasteiger charge is 2.26. The smallest absolute Gasteiger partial charge is 0.161 e. The maximum Gasteiger partial charge on any atom is 0.161 e. The van der Waals surface area contributed by atoms with Gasteiger partial charge in [0.1, 0.15) is 6.04 Å². The molecular formula is C16H19N2O2+. The Hall–Kier alpha value is -2.07. The van der Waals surface area contributed by atoms with E-state index in [-0.39, 0.29) is 0 Å². The number of nitrogens with zero attached hydrogens (tertiary/aromatic N) is 1. The molecule has 0 radical (unpaired) electrons. The number of pyridine rings is 1. The maximum atomic E-state index is 5.44. The quantitative estimate of drug-likeness (QED) is 0.915. The zero-order valence-corrected chi connectivity index (χ0v) is 11.8. The maximum absolute atomic E-state index is 5.44. The fourth-order valence-corrected chi connectivity index (χ4v) is 2.86. The molecule has 2 aromatic rings. The number of methoxy groups -OCH3 is 2. The Bertz CT molecular complexity index is 599. The molecule has 0 saturated heterocycles. The van der Waals surface area contributed by atoms with Crippen LogP contribution in [0.1, 0.15) is 22.7 Å². The van der Waals surface area contributed by atoms with Crippen molar-refractivity contribution in [3.63, 3.8) is 0 Å². The zero-order chi connectivity index (χ0) is 13.9. The summed E-state index contributed by atoms with van der Waals surface area (Å²) in [5.41, 5.74) is 3.92. The molecule has 2 N–H and O–H groups in total. The molecule has 1 aromatic heterocycles. The summed E-state index contributed by atoms with van der Waals surface area (Å²) in [7, 11) is 3.36. The highest BCUT2D eigenvalue weighted by molar-refractivity contribution is 5.50. The first-order valence-corrected chi connectivity index (χ1v) is 6.81. The van der Waals surface area contributed by atoms with Crippen LogP contribution in [0.25, 0.3) is 0 Å². The van der Waals surface area contributed by atoms with E-state index < -0.39 is 0 Å². The molecule has 0 amide bonds. The van der Waals surface area contributed by atoms with E-state index in [0.717, 1.165) is 24.5 Å². The molecule has 0 saturated carbocycles. The lowest BCUT2D eigenvalue weighted by Gasteiger charge is -2.25. The number of fused-ring (bicyclic) bond motifs is 1. The second-order valence-corrected chi connectivity index (χ2v) is 4.94. The Labute approximate surface area is 118 Å². The van der Waals surface area contributed by atoms with Gasteiger partial charge in [0, 0.05) is 29.9 Å². The number of quaternary nitrogens is 1. The van der Waals surface area contributed by atoms with Crippen molar-refractivity contribution < 1.29 is 14.8 Å². The number of rotatable bonds is 3. The lowest BCUT2D eigenvalue weighted by molar-refractivity contribution is -0.690. The average Bonchev–Trinajstić information content (AvgIpc) is 2.53. The molecule has 1 atom stereocenters. The minimum Gasteiger partial charge on any atom is -0.493 e. The topological polar surface area (TPSA) is 48.0 Å². The van der Waals surface area contributed by atoms with Crippen molar-refractivity contribution in [3.8, 4) is 11.5 Å². The van der Waals surface area contributed by atoms with Gasteiger partial charge in [-0.1, -0.05) is 0 Å². The fourth-order valence-electron chi connectivity index (χ4n) is 2.86. The molecule has 4 nitrogen and oxygen atoms in total. The van der Waals surface area contributed by atoms with Crippen LogP contribution < -0.4 is 14.8 Å². The molecule has 0 spiro atoms. The standard InChI is InChI=1S/C16H18N2O2/c1-19-14-9-12-5-8-18-16(11-3-6-17-7-4-11)13(12)10-15(14)20-2/h3-4,6-7,9-10,16,18H,5,8H2,1-2H3/p+1/t16-/m0/s1. The van der Waals surface area contributed by atoms with E-state index in [0.29, 0.717) is 6.04 Å². The van der Waals surface area contributed by atoms with Crippen LogP contribution in [0.4, 0.5) is 0 Å². The van der Waals surface area contributed by atoms with Crippen LogP contribution in [0, 0.1) is 0 Å². The van der Waals surface area contributed by atoms with Crippen molar-refractivity contribution in [2.75, 3.05) is 20.8 Å². The van der Waals surface area contributed by atoms with Gasteiger partial charge >= 0.3 is 0 Å². The Morgan fingerprint density at radius 2 is 1.80 bits per heavy atom. The van der Waals surface area contributed by atoms with Gasteiger partial charge in [-0.2, -0.15) is 0 Å². The lowest BCUT2D eigenvalue weighted by Crippen LogP contribution is -2.87. The van der Waals surface area contributed by atoms with Crippen molar-refractivity contribution in [2.24, 2.45) is 0 Å². The second kappa shape index (κ2) is 5.51. The zero-order valence-electron chi connectivity index (χ0n) is 11.8. The van der Waals surface area contributed by atoms with Crippen molar-refractivity contribution in [1.82, 2.24) is 4.98 Å². The number of aromatic nitrogens is 1. The predicted octanol–water partition coefficient (Wildman–Crippen LogP) is 1.31. The fraction of sp³-hybridized carbons (Fsp3) is 0.312. The molecule has 0 unspecified atom stereocenters. The normalized spacial score (nSPS) is 17.4. The first-order valence-electron chi connectivity index (χ1n) is 6.81. The number of nitrogens with two attached hydrogens (primary N) is 1. The molecular weight excluding hydrogens is 252 g/mol. The van der Waals surface area contributed by atoms with Crippen LogP contribution >= 0.6 is 0 Å². The molecule has 0 aliphatic carbocycles. The van der Waals surface area contributed by atoms with Gasteiger partial charge in [-0.05, 0) is 29.8 Å². The van der Waals surface area contributed by atoms with Gasteiger partial charge in [-0.3, -0.25) is 4.98 Å². The summed E-state index contributed by atoms with van der Waals surface area (Å²) in [5.74, 6) is 1.60. The second-order valence-electron chi connectivity index (χ2n) is 4.94. The summed E-state index contributed by atoms with van der Waals surface area (Å²) in [6.45, 7) is 1.08. The summed E-state index contributed by atoms with van der Waals surface area (Å²) in [6, 6.07) is 8.67. The summed E-state index contributed by atoms with van der Waals surface area (Å²) in [4.78, 5) is 4.10. The molecule has 0 fully saturated rings. The molecule has 1 aromatic carbocycles. The van der Waals surface area contributed by atoms with E-state index >= 15 is 0 Å². The Morgan fingerprint density at radius 1 is 1.10 bits per heavy atom. The van der Waals surface area contributed by atoms with Gasteiger partial charge in [0.15, 0.2) is 11.5 Å². The van der Waals surface area contributed by atoms with Crippen LogP contribution in [0.3, 0.4) is 0 Å². The number of ether oxygens (including phenoxy) is 2. The van der Waals surface area contributed by atoms with Crippen LogP contribution in [0.15, 0.2) is 36.7 Å². The molecule has 0 bridgehead atoms. The largest absolute Gasteiger partial charge is 0.493 e. The van der Waals surface area contributed by atoms with Crippen molar-refractivity contribution >= 4 is 0 Å². The van der Waals surface area contributed by atoms with E-state index in [9.17, 15) is 0 Å². The molecule has 4 heteroatoms. The molecule has 1 aliphatic rings. The summed E-state index contributed by atoms with van der Waals surface area (Å²) in [6.07, 6.45) is 4.74. The third kappa shape index (κ3) is 2.23. The van der Waals surface area contributed by atoms with E-state index in [2.05, 4.69) is 34.6 Å². The number of benzene rings is 1. The van der Waals surface area contributed by atoms with Gasteiger partial charge in [0.25, 0.3) is 0 Å². The Morgan fingerprint density at radius 3 is 2.50 bits per heavy atom. The van der Waals surface area contributed by atoms with Gasteiger partial charge in [-0.15, -0.1) is 0 Å². The Balaban J connectivity index is 2.08. The minimum absolute atomic E-state index is 0.307. The van der Waals surface area contributed by atoms with E-state index in [1.165, 1.54) is 16.7 Å². The van der Waals surface area contributed by atoms with E-state index in [4.69, 9.17) is 9.47 Å². The van der Waals surface area contributed by atoms with Gasteiger partial charge in [0.2, 0.25) is 0 Å². The van der Waals surface area contributed by atoms with Gasteiger partial charge in [-0.25, -0.2) is 0 Å². The van der Waals surface area contributed by atoms with Crippen LogP contribution in [-0.2, 0) is 6.42 Å². The summed E-state index contributed by atoms with van der Waals surface area (Å²) >= 11 is 0. The SMILES string of the molecule is COc1cc2c(cc1OC)[C@H](c1ccncc1)[NH2+]CC2.